The summed E-state index contributed by atoms with van der Waals surface area (Å²) in [6.07, 6.45) is 1.90. The number of sulfone groups is 1. The molecule has 6 heteroatoms. The molecule has 1 aliphatic rings. The molecule has 1 saturated heterocycles. The Bertz CT molecular complexity index is 648. The molecule has 0 aromatic heterocycles. The predicted molar refractivity (Wildman–Crippen MR) is 91.3 cm³/mol. The van der Waals surface area contributed by atoms with Gasteiger partial charge in [-0.05, 0) is 58.3 Å². The molecule has 0 bridgehead atoms. The second-order valence-electron chi connectivity index (χ2n) is 6.38. The minimum atomic E-state index is -3.47. The van der Waals surface area contributed by atoms with Crippen molar-refractivity contribution < 1.29 is 13.2 Å². The highest BCUT2D eigenvalue weighted by atomic mass is 32.2. The molecule has 1 aliphatic heterocycles. The van der Waals surface area contributed by atoms with Crippen LogP contribution in [0, 0.1) is 5.92 Å². The number of likely N-dealkylation sites (tertiary alicyclic amines) is 1. The molecule has 0 aliphatic carbocycles. The van der Waals surface area contributed by atoms with Gasteiger partial charge < -0.3 is 10.2 Å². The van der Waals surface area contributed by atoms with E-state index in [0.717, 1.165) is 19.4 Å². The molecule has 5 nitrogen and oxygen atoms in total. The molecule has 1 heterocycles. The molecule has 0 saturated carbocycles. The van der Waals surface area contributed by atoms with E-state index in [1.807, 2.05) is 7.05 Å². The summed E-state index contributed by atoms with van der Waals surface area (Å²) in [7, 11) is -1.53. The third-order valence-electron chi connectivity index (χ3n) is 4.44. The summed E-state index contributed by atoms with van der Waals surface area (Å²) in [5.74, 6) is 0.409. The number of carbonyl (C=O) groups is 1. The molecular weight excluding hydrogens is 312 g/mol. The van der Waals surface area contributed by atoms with Crippen molar-refractivity contribution in [1.82, 2.24) is 10.2 Å². The van der Waals surface area contributed by atoms with E-state index in [1.165, 1.54) is 6.07 Å². The Labute approximate surface area is 139 Å². The summed E-state index contributed by atoms with van der Waals surface area (Å²) in [5.41, 5.74) is 0.299. The number of amides is 1. The monoisotopic (exact) mass is 338 g/mol. The van der Waals surface area contributed by atoms with Crippen LogP contribution in [-0.2, 0) is 9.84 Å². The fourth-order valence-corrected chi connectivity index (χ4v) is 4.18. The van der Waals surface area contributed by atoms with Crippen LogP contribution in [0.3, 0.4) is 0 Å². The summed E-state index contributed by atoms with van der Waals surface area (Å²) >= 11 is 0. The van der Waals surface area contributed by atoms with Gasteiger partial charge in [-0.25, -0.2) is 8.42 Å². The van der Waals surface area contributed by atoms with Gasteiger partial charge in [0, 0.05) is 13.1 Å². The summed E-state index contributed by atoms with van der Waals surface area (Å²) < 4.78 is 25.0. The quantitative estimate of drug-likeness (QED) is 0.891. The first kappa shape index (κ1) is 17.9. The van der Waals surface area contributed by atoms with Gasteiger partial charge in [0.1, 0.15) is 0 Å². The van der Waals surface area contributed by atoms with Gasteiger partial charge in [0.15, 0.2) is 9.84 Å². The van der Waals surface area contributed by atoms with Crippen LogP contribution in [0.4, 0.5) is 0 Å². The number of benzene rings is 1. The number of carbonyl (C=O) groups excluding carboxylic acids is 1. The molecular formula is C17H26N2O3S. The van der Waals surface area contributed by atoms with Gasteiger partial charge in [-0.2, -0.15) is 0 Å². The number of hydrogen-bond donors (Lipinski definition) is 1. The molecule has 1 aromatic rings. The van der Waals surface area contributed by atoms with E-state index in [-0.39, 0.29) is 10.8 Å². The van der Waals surface area contributed by atoms with Crippen molar-refractivity contribution in [1.29, 1.82) is 0 Å². The zero-order chi connectivity index (χ0) is 17.0. The Morgan fingerprint density at radius 2 is 1.87 bits per heavy atom. The van der Waals surface area contributed by atoms with E-state index in [2.05, 4.69) is 5.32 Å². The number of piperidine rings is 1. The van der Waals surface area contributed by atoms with Crippen LogP contribution < -0.4 is 5.32 Å². The SMILES string of the molecule is CNCC1CCN(C(=O)c2ccccc2S(=O)(=O)C(C)C)CC1. The Kier molecular flexibility index (Phi) is 5.81. The highest BCUT2D eigenvalue weighted by molar-refractivity contribution is 7.92. The van der Waals surface area contributed by atoms with Gasteiger partial charge in [0.05, 0.1) is 15.7 Å². The lowest BCUT2D eigenvalue weighted by Crippen LogP contribution is -2.41. The average molecular weight is 338 g/mol. The van der Waals surface area contributed by atoms with Crippen molar-refractivity contribution in [3.8, 4) is 0 Å². The van der Waals surface area contributed by atoms with Crippen molar-refractivity contribution in [2.24, 2.45) is 5.92 Å². The summed E-state index contributed by atoms with van der Waals surface area (Å²) in [5, 5.41) is 2.63. The molecule has 2 rings (SSSR count). The molecule has 128 valence electrons. The van der Waals surface area contributed by atoms with Gasteiger partial charge in [0.25, 0.3) is 5.91 Å². The molecule has 1 amide bonds. The summed E-state index contributed by atoms with van der Waals surface area (Å²) in [6, 6.07) is 6.55. The molecule has 0 atom stereocenters. The van der Waals surface area contributed by atoms with Crippen LogP contribution in [0.2, 0.25) is 0 Å². The van der Waals surface area contributed by atoms with Gasteiger partial charge in [-0.3, -0.25) is 4.79 Å². The lowest BCUT2D eigenvalue weighted by Gasteiger charge is -2.32. The van der Waals surface area contributed by atoms with Crippen LogP contribution in [0.5, 0.6) is 0 Å². The van der Waals surface area contributed by atoms with Crippen LogP contribution in [0.15, 0.2) is 29.2 Å². The number of hydrogen-bond acceptors (Lipinski definition) is 4. The Morgan fingerprint density at radius 3 is 2.43 bits per heavy atom. The minimum Gasteiger partial charge on any atom is -0.339 e. The molecule has 0 radical (unpaired) electrons. The third-order valence-corrected chi connectivity index (χ3v) is 6.65. The van der Waals surface area contributed by atoms with Gasteiger partial charge >= 0.3 is 0 Å². The summed E-state index contributed by atoms with van der Waals surface area (Å²) in [4.78, 5) is 14.7. The van der Waals surface area contributed by atoms with E-state index in [1.54, 1.807) is 36.9 Å². The second-order valence-corrected chi connectivity index (χ2v) is 8.86. The topological polar surface area (TPSA) is 66.5 Å². The first-order valence-corrected chi connectivity index (χ1v) is 9.69. The van der Waals surface area contributed by atoms with E-state index in [9.17, 15) is 13.2 Å². The van der Waals surface area contributed by atoms with Gasteiger partial charge in [-0.1, -0.05) is 12.1 Å². The lowest BCUT2D eigenvalue weighted by atomic mass is 9.96. The minimum absolute atomic E-state index is 0.150. The van der Waals surface area contributed by atoms with Gasteiger partial charge in [0.2, 0.25) is 0 Å². The Morgan fingerprint density at radius 1 is 1.26 bits per heavy atom. The Balaban J connectivity index is 2.22. The van der Waals surface area contributed by atoms with Crippen LogP contribution in [0.1, 0.15) is 37.0 Å². The average Bonchev–Trinajstić information content (AvgIpc) is 2.55. The van der Waals surface area contributed by atoms with E-state index < -0.39 is 15.1 Å². The largest absolute Gasteiger partial charge is 0.339 e. The third kappa shape index (κ3) is 3.93. The normalized spacial score (nSPS) is 16.8. The highest BCUT2D eigenvalue weighted by Gasteiger charge is 2.29. The Hall–Kier alpha value is -1.40. The van der Waals surface area contributed by atoms with E-state index in [0.29, 0.717) is 24.6 Å². The zero-order valence-corrected chi connectivity index (χ0v) is 14.9. The highest BCUT2D eigenvalue weighted by Crippen LogP contribution is 2.24. The van der Waals surface area contributed by atoms with Crippen molar-refractivity contribution in [2.45, 2.75) is 36.8 Å². The maximum absolute atomic E-state index is 12.8. The first-order chi connectivity index (χ1) is 10.9. The maximum Gasteiger partial charge on any atom is 0.255 e. The molecule has 1 N–H and O–H groups in total. The van der Waals surface area contributed by atoms with E-state index in [4.69, 9.17) is 0 Å². The van der Waals surface area contributed by atoms with E-state index >= 15 is 0 Å². The zero-order valence-electron chi connectivity index (χ0n) is 14.1. The summed E-state index contributed by atoms with van der Waals surface area (Å²) in [6.45, 7) is 5.60. The van der Waals surface area contributed by atoms with Gasteiger partial charge in [-0.15, -0.1) is 0 Å². The standard InChI is InChI=1S/C17H26N2O3S/c1-13(2)23(21,22)16-7-5-4-6-15(16)17(20)19-10-8-14(9-11-19)12-18-3/h4-7,13-14,18H,8-12H2,1-3H3. The van der Waals surface area contributed by atoms with Crippen molar-refractivity contribution in [3.05, 3.63) is 29.8 Å². The fraction of sp³-hybridized carbons (Fsp3) is 0.588. The smallest absolute Gasteiger partial charge is 0.255 e. The first-order valence-electron chi connectivity index (χ1n) is 8.14. The number of rotatable bonds is 5. The second kappa shape index (κ2) is 7.45. The fourth-order valence-electron chi connectivity index (χ4n) is 2.94. The van der Waals surface area contributed by atoms with Crippen LogP contribution >= 0.6 is 0 Å². The molecule has 0 spiro atoms. The lowest BCUT2D eigenvalue weighted by molar-refractivity contribution is 0.0687. The van der Waals surface area contributed by atoms with Crippen LogP contribution in [0.25, 0.3) is 0 Å². The number of nitrogens with zero attached hydrogens (tertiary/aromatic N) is 1. The maximum atomic E-state index is 12.8. The predicted octanol–water partition coefficient (Wildman–Crippen LogP) is 1.94. The number of nitrogens with one attached hydrogen (secondary N) is 1. The van der Waals surface area contributed by atoms with Crippen molar-refractivity contribution in [2.75, 3.05) is 26.7 Å². The molecule has 1 fully saturated rings. The molecule has 23 heavy (non-hydrogen) atoms. The molecule has 1 aromatic carbocycles. The molecule has 0 unspecified atom stereocenters. The van der Waals surface area contributed by atoms with Crippen molar-refractivity contribution in [3.63, 3.8) is 0 Å². The van der Waals surface area contributed by atoms with Crippen molar-refractivity contribution >= 4 is 15.7 Å². The van der Waals surface area contributed by atoms with Crippen LogP contribution in [-0.4, -0.2) is 51.2 Å².